The predicted molar refractivity (Wildman–Crippen MR) is 120 cm³/mol. The zero-order chi connectivity index (χ0) is 19.8. The Hall–Kier alpha value is -2.89. The molecule has 1 fully saturated rings. The first-order valence-corrected chi connectivity index (χ1v) is 10.3. The average molecular weight is 405 g/mol. The third-order valence-electron chi connectivity index (χ3n) is 5.87. The van der Waals surface area contributed by atoms with E-state index in [1.54, 1.807) is 0 Å². The number of pyridine rings is 1. The molecule has 2 aromatic carbocycles. The molecule has 0 amide bonds. The lowest BCUT2D eigenvalue weighted by molar-refractivity contribution is 0.301. The summed E-state index contributed by atoms with van der Waals surface area (Å²) in [7, 11) is 2.27. The van der Waals surface area contributed by atoms with Gasteiger partial charge in [0.15, 0.2) is 0 Å². The highest BCUT2D eigenvalue weighted by atomic mass is 35.5. The van der Waals surface area contributed by atoms with E-state index < -0.39 is 0 Å². The molecule has 1 aliphatic rings. The Kier molecular flexibility index (Phi) is 4.49. The van der Waals surface area contributed by atoms with Crippen molar-refractivity contribution in [2.45, 2.75) is 0 Å². The molecular formula is C23H23ClN5+. The summed E-state index contributed by atoms with van der Waals surface area (Å²) < 4.78 is 0.847. The average Bonchev–Trinajstić information content (AvgIpc) is 3.18. The molecule has 3 heterocycles. The van der Waals surface area contributed by atoms with Gasteiger partial charge in [-0.25, -0.2) is 9.97 Å². The van der Waals surface area contributed by atoms with E-state index in [0.29, 0.717) is 5.02 Å². The van der Waals surface area contributed by atoms with Crippen LogP contribution in [0.1, 0.15) is 0 Å². The molecule has 0 unspecified atom stereocenters. The molecular weight excluding hydrogens is 382 g/mol. The van der Waals surface area contributed by atoms with Gasteiger partial charge in [-0.05, 0) is 36.4 Å². The highest BCUT2D eigenvalue weighted by Gasteiger charge is 2.32. The Morgan fingerprint density at radius 1 is 1.00 bits per heavy atom. The molecule has 1 aliphatic heterocycles. The molecule has 5 rings (SSSR count). The van der Waals surface area contributed by atoms with Gasteiger partial charge >= 0.3 is 0 Å². The number of benzene rings is 2. The molecule has 2 aromatic heterocycles. The Labute approximate surface area is 175 Å². The Morgan fingerprint density at radius 2 is 1.79 bits per heavy atom. The van der Waals surface area contributed by atoms with Crippen molar-refractivity contribution in [1.29, 1.82) is 0 Å². The van der Waals surface area contributed by atoms with Crippen LogP contribution in [0.25, 0.3) is 22.4 Å². The number of fused-ring (bicyclic) bond motifs is 1. The van der Waals surface area contributed by atoms with Gasteiger partial charge in [-0.1, -0.05) is 29.8 Å². The Morgan fingerprint density at radius 3 is 2.52 bits per heavy atom. The molecule has 0 saturated carbocycles. The molecule has 1 N–H and O–H groups in total. The number of para-hydroxylation sites is 1. The van der Waals surface area contributed by atoms with Gasteiger partial charge in [-0.2, -0.15) is 0 Å². The smallest absolute Gasteiger partial charge is 0.227 e. The van der Waals surface area contributed by atoms with Crippen molar-refractivity contribution in [3.8, 4) is 11.4 Å². The first-order chi connectivity index (χ1) is 14.1. The van der Waals surface area contributed by atoms with Crippen molar-refractivity contribution < 1.29 is 0 Å². The number of H-pyrrole nitrogens is 1. The van der Waals surface area contributed by atoms with Crippen LogP contribution in [0.3, 0.4) is 0 Å². The third-order valence-corrected chi connectivity index (χ3v) is 6.10. The molecule has 4 aromatic rings. The van der Waals surface area contributed by atoms with Crippen LogP contribution in [0.2, 0.25) is 5.02 Å². The minimum Gasteiger partial charge on any atom is -0.360 e. The van der Waals surface area contributed by atoms with E-state index in [1.807, 2.05) is 24.4 Å². The number of anilines is 1. The minimum atomic E-state index is 0.702. The van der Waals surface area contributed by atoms with E-state index in [-0.39, 0.29) is 0 Å². The van der Waals surface area contributed by atoms with Gasteiger partial charge in [-0.15, -0.1) is 0 Å². The van der Waals surface area contributed by atoms with Crippen molar-refractivity contribution in [2.24, 2.45) is 0 Å². The summed E-state index contributed by atoms with van der Waals surface area (Å²) >= 11 is 6.08. The number of aromatic amines is 1. The summed E-state index contributed by atoms with van der Waals surface area (Å²) in [5, 5.41) is 0.702. The number of piperazine rings is 1. The summed E-state index contributed by atoms with van der Waals surface area (Å²) in [6.45, 7) is 4.11. The lowest BCUT2D eigenvalue weighted by atomic mass is 10.2. The fraction of sp³-hybridized carbons (Fsp3) is 0.217. The van der Waals surface area contributed by atoms with Gasteiger partial charge < -0.3 is 9.88 Å². The molecule has 29 heavy (non-hydrogen) atoms. The second-order valence-electron chi connectivity index (χ2n) is 7.82. The normalized spacial score (nSPS) is 16.3. The van der Waals surface area contributed by atoms with Gasteiger partial charge in [0.05, 0.1) is 31.2 Å². The monoisotopic (exact) mass is 404 g/mol. The van der Waals surface area contributed by atoms with Crippen LogP contribution < -0.4 is 9.38 Å². The molecule has 0 aliphatic carbocycles. The topological polar surface area (TPSA) is 44.8 Å². The maximum absolute atomic E-state index is 6.08. The molecule has 0 bridgehead atoms. The van der Waals surface area contributed by atoms with E-state index >= 15 is 0 Å². The number of hydrogen-bond acceptors (Lipinski definition) is 3. The summed E-state index contributed by atoms with van der Waals surface area (Å²) in [5.41, 5.74) is 4.12. The van der Waals surface area contributed by atoms with Gasteiger partial charge in [-0.3, -0.25) is 4.48 Å². The zero-order valence-corrected chi connectivity index (χ0v) is 17.1. The molecule has 0 radical (unpaired) electrons. The minimum absolute atomic E-state index is 0.702. The molecule has 1 saturated heterocycles. The molecule has 0 spiro atoms. The van der Waals surface area contributed by atoms with Crippen molar-refractivity contribution in [1.82, 2.24) is 19.4 Å². The van der Waals surface area contributed by atoms with E-state index in [2.05, 4.69) is 64.4 Å². The molecule has 5 nitrogen and oxygen atoms in total. The van der Waals surface area contributed by atoms with Gasteiger partial charge in [0.1, 0.15) is 18.9 Å². The molecule has 146 valence electrons. The zero-order valence-electron chi connectivity index (χ0n) is 16.3. The number of likely N-dealkylation sites (N-methyl/N-ethyl adjacent to an activating group) is 1. The van der Waals surface area contributed by atoms with Crippen LogP contribution in [0.4, 0.5) is 11.5 Å². The van der Waals surface area contributed by atoms with Gasteiger partial charge in [0.2, 0.25) is 5.82 Å². The Bertz CT molecular complexity index is 1130. The van der Waals surface area contributed by atoms with Gasteiger partial charge in [0, 0.05) is 28.5 Å². The second kappa shape index (κ2) is 7.17. The van der Waals surface area contributed by atoms with Crippen LogP contribution in [-0.4, -0.2) is 48.2 Å². The van der Waals surface area contributed by atoms with Crippen LogP contribution in [0, 0.1) is 0 Å². The number of quaternary nitrogens is 1. The number of halogens is 1. The SMILES string of the molecule is C[N+]1(c2ccc(-c3nc4ccc(Cl)cc4[nH]3)cn2)CCN(c2ccccc2)CC1. The highest BCUT2D eigenvalue weighted by Crippen LogP contribution is 2.27. The van der Waals surface area contributed by atoms with Crippen LogP contribution in [0.15, 0.2) is 66.9 Å². The summed E-state index contributed by atoms with van der Waals surface area (Å²) in [6.07, 6.45) is 1.92. The maximum Gasteiger partial charge on any atom is 0.227 e. The second-order valence-corrected chi connectivity index (χ2v) is 8.25. The van der Waals surface area contributed by atoms with E-state index in [1.165, 1.54) is 5.69 Å². The van der Waals surface area contributed by atoms with Crippen molar-refractivity contribution in [3.63, 3.8) is 0 Å². The van der Waals surface area contributed by atoms with Crippen LogP contribution in [-0.2, 0) is 0 Å². The van der Waals surface area contributed by atoms with Crippen molar-refractivity contribution >= 4 is 34.1 Å². The molecule has 0 atom stereocenters. The molecule has 6 heteroatoms. The summed E-state index contributed by atoms with van der Waals surface area (Å²) in [6, 6.07) is 20.6. The fourth-order valence-corrected chi connectivity index (χ4v) is 4.17. The number of aromatic nitrogens is 3. The number of nitrogens with zero attached hydrogens (tertiary/aromatic N) is 4. The number of nitrogens with one attached hydrogen (secondary N) is 1. The lowest BCUT2D eigenvalue weighted by Gasteiger charge is -2.41. The fourth-order valence-electron chi connectivity index (χ4n) is 4.00. The first-order valence-electron chi connectivity index (χ1n) is 9.88. The largest absolute Gasteiger partial charge is 0.360 e. The van der Waals surface area contributed by atoms with Crippen LogP contribution >= 0.6 is 11.6 Å². The quantitative estimate of drug-likeness (QED) is 0.502. The predicted octanol–water partition coefficient (Wildman–Crippen LogP) is 4.74. The highest BCUT2D eigenvalue weighted by molar-refractivity contribution is 6.31. The Balaban J connectivity index is 1.34. The summed E-state index contributed by atoms with van der Waals surface area (Å²) in [5.74, 6) is 1.92. The summed E-state index contributed by atoms with van der Waals surface area (Å²) in [4.78, 5) is 15.3. The van der Waals surface area contributed by atoms with Gasteiger partial charge in [0.25, 0.3) is 0 Å². The van der Waals surface area contributed by atoms with E-state index in [0.717, 1.165) is 58.9 Å². The standard InChI is InChI=1S/C23H23ClN5/c1-29(13-11-28(12-14-29)19-5-3-2-4-6-19)22-10-7-17(16-25-22)23-26-20-9-8-18(24)15-21(20)27-23/h2-10,15-16H,11-14H2,1H3,(H,26,27)/q+1. The number of rotatable bonds is 3. The lowest BCUT2D eigenvalue weighted by Crippen LogP contribution is -2.58. The van der Waals surface area contributed by atoms with E-state index in [9.17, 15) is 0 Å². The number of hydrogen-bond donors (Lipinski definition) is 1. The van der Waals surface area contributed by atoms with Crippen LogP contribution in [0.5, 0.6) is 0 Å². The van der Waals surface area contributed by atoms with Crippen molar-refractivity contribution in [3.05, 3.63) is 71.9 Å². The van der Waals surface area contributed by atoms with Crippen molar-refractivity contribution in [2.75, 3.05) is 38.1 Å². The maximum atomic E-state index is 6.08. The number of imidazole rings is 1. The first kappa shape index (κ1) is 18.2. The third kappa shape index (κ3) is 3.48. The van der Waals surface area contributed by atoms with E-state index in [4.69, 9.17) is 16.6 Å².